The molecular formula is C71H64N2O2Si3. The number of hydrogen-bond acceptors (Lipinski definition) is 4. The zero-order valence-electron chi connectivity index (χ0n) is 46.3. The number of fused-ring (bicyclic) bond motifs is 15. The quantitative estimate of drug-likeness (QED) is 0.107. The van der Waals surface area contributed by atoms with Crippen molar-refractivity contribution in [2.75, 3.05) is 9.80 Å². The summed E-state index contributed by atoms with van der Waals surface area (Å²) < 4.78 is 13.9. The molecule has 0 atom stereocenters. The van der Waals surface area contributed by atoms with Crippen LogP contribution < -0.4 is 15.0 Å². The molecule has 0 fully saturated rings. The second kappa shape index (κ2) is 17.3. The van der Waals surface area contributed by atoms with Gasteiger partial charge in [0.05, 0.1) is 35.6 Å². The smallest absolute Gasteiger partial charge is 0.159 e. The van der Waals surface area contributed by atoms with Crippen molar-refractivity contribution in [3.63, 3.8) is 0 Å². The van der Waals surface area contributed by atoms with Crippen LogP contribution in [0.1, 0.15) is 16.7 Å². The summed E-state index contributed by atoms with van der Waals surface area (Å²) in [6.45, 7) is 25.2. The van der Waals surface area contributed by atoms with Gasteiger partial charge < -0.3 is 18.6 Å². The summed E-state index contributed by atoms with van der Waals surface area (Å²) >= 11 is 0. The molecule has 382 valence electrons. The molecule has 0 bridgehead atoms. The van der Waals surface area contributed by atoms with Crippen molar-refractivity contribution in [1.82, 2.24) is 0 Å². The van der Waals surface area contributed by atoms with Crippen LogP contribution in [0.15, 0.2) is 215 Å². The van der Waals surface area contributed by atoms with Crippen molar-refractivity contribution in [2.45, 2.75) is 70.5 Å². The predicted octanol–water partition coefficient (Wildman–Crippen LogP) is 20.8. The van der Waals surface area contributed by atoms with Crippen LogP contribution in [0.5, 0.6) is 0 Å². The van der Waals surface area contributed by atoms with Gasteiger partial charge in [-0.05, 0) is 139 Å². The van der Waals surface area contributed by atoms with Gasteiger partial charge in [-0.2, -0.15) is 0 Å². The minimum Gasteiger partial charge on any atom is -0.454 e. The number of furan rings is 2. The lowest BCUT2D eigenvalue weighted by molar-refractivity contribution is 0.666. The zero-order valence-corrected chi connectivity index (χ0v) is 49.3. The van der Waals surface area contributed by atoms with E-state index in [1.54, 1.807) is 0 Å². The molecule has 78 heavy (non-hydrogen) atoms. The van der Waals surface area contributed by atoms with Crippen molar-refractivity contribution < 1.29 is 8.83 Å². The Morgan fingerprint density at radius 3 is 1.46 bits per heavy atom. The maximum absolute atomic E-state index is 7.11. The molecule has 0 saturated heterocycles. The number of hydrogen-bond donors (Lipinski definition) is 0. The molecule has 11 aromatic carbocycles. The molecule has 0 aliphatic heterocycles. The molecule has 0 spiro atoms. The average molecular weight is 1060 g/mol. The second-order valence-corrected chi connectivity index (χ2v) is 41.0. The first-order chi connectivity index (χ1) is 37.5. The lowest BCUT2D eigenvalue weighted by Crippen LogP contribution is -2.63. The Labute approximate surface area is 460 Å². The van der Waals surface area contributed by atoms with Crippen LogP contribution in [0.25, 0.3) is 87.3 Å². The molecule has 1 aliphatic carbocycles. The summed E-state index contributed by atoms with van der Waals surface area (Å²) in [5.74, 6) is 0. The van der Waals surface area contributed by atoms with Gasteiger partial charge in [0.1, 0.15) is 11.2 Å². The van der Waals surface area contributed by atoms with E-state index in [0.29, 0.717) is 0 Å². The average Bonchev–Trinajstić information content (AvgIpc) is 2.43. The van der Waals surface area contributed by atoms with Gasteiger partial charge >= 0.3 is 0 Å². The maximum atomic E-state index is 7.11. The minimum absolute atomic E-state index is 0.150. The monoisotopic (exact) mass is 1060 g/mol. The van der Waals surface area contributed by atoms with E-state index < -0.39 is 24.2 Å². The van der Waals surface area contributed by atoms with E-state index >= 15 is 0 Å². The van der Waals surface area contributed by atoms with E-state index in [1.807, 2.05) is 0 Å². The first-order valence-electron chi connectivity index (χ1n) is 27.7. The van der Waals surface area contributed by atoms with Crippen LogP contribution in [0, 0.1) is 6.92 Å². The van der Waals surface area contributed by atoms with Crippen molar-refractivity contribution in [1.29, 1.82) is 0 Å². The third kappa shape index (κ3) is 7.00. The van der Waals surface area contributed by atoms with Crippen LogP contribution in [0.4, 0.5) is 34.1 Å². The normalized spacial score (nSPS) is 13.6. The van der Waals surface area contributed by atoms with Gasteiger partial charge in [-0.1, -0.05) is 198 Å². The number of para-hydroxylation sites is 6. The van der Waals surface area contributed by atoms with E-state index in [1.165, 1.54) is 65.1 Å². The van der Waals surface area contributed by atoms with Crippen molar-refractivity contribution >= 4 is 140 Å². The Bertz CT molecular complexity index is 4580. The number of anilines is 6. The SMILES string of the molecule is Cc1cccc2c1oc1c(N(c3ccccc3)c3ccc4c5c(c6ccccc6c4c3)-c3cc4ccc(N(c6ccccc6)c6cccc7c6oc6c([Si](C)(C)C)cccc67)cc4cc3C5([Si](C)(C)C)[Si](C)(C)C)cccc12. The van der Waals surface area contributed by atoms with Crippen LogP contribution in [-0.2, 0) is 4.66 Å². The Morgan fingerprint density at radius 2 is 0.859 bits per heavy atom. The summed E-state index contributed by atoms with van der Waals surface area (Å²) in [4.78, 5) is 4.82. The highest BCUT2D eigenvalue weighted by Gasteiger charge is 2.60. The van der Waals surface area contributed by atoms with Gasteiger partial charge in [0, 0.05) is 49.0 Å². The lowest BCUT2D eigenvalue weighted by atomic mass is 9.90. The van der Waals surface area contributed by atoms with Crippen LogP contribution >= 0.6 is 0 Å². The molecule has 0 unspecified atom stereocenters. The van der Waals surface area contributed by atoms with Crippen LogP contribution in [0.3, 0.4) is 0 Å². The van der Waals surface area contributed by atoms with E-state index in [4.69, 9.17) is 8.83 Å². The van der Waals surface area contributed by atoms with Crippen molar-refractivity contribution in [3.05, 3.63) is 223 Å². The number of nitrogens with zero attached hydrogens (tertiary/aromatic N) is 2. The van der Waals surface area contributed by atoms with Crippen molar-refractivity contribution in [3.8, 4) is 11.1 Å². The van der Waals surface area contributed by atoms with Gasteiger partial charge in [-0.15, -0.1) is 0 Å². The molecule has 0 radical (unpaired) electrons. The van der Waals surface area contributed by atoms with Gasteiger partial charge in [-0.25, -0.2) is 0 Å². The third-order valence-corrected chi connectivity index (χ3v) is 29.4. The highest BCUT2D eigenvalue weighted by Crippen LogP contribution is 2.63. The summed E-state index contributed by atoms with van der Waals surface area (Å²) in [5, 5.41) is 13.7. The number of rotatable bonds is 9. The minimum atomic E-state index is -2.18. The van der Waals surface area contributed by atoms with Crippen LogP contribution in [0.2, 0.25) is 58.9 Å². The molecule has 0 N–H and O–H groups in total. The molecule has 4 nitrogen and oxygen atoms in total. The molecule has 2 heterocycles. The highest BCUT2D eigenvalue weighted by molar-refractivity contribution is 7.00. The highest BCUT2D eigenvalue weighted by atomic mass is 28.4. The molecular weight excluding hydrogens is 997 g/mol. The predicted molar refractivity (Wildman–Crippen MR) is 344 cm³/mol. The third-order valence-electron chi connectivity index (χ3n) is 17.3. The summed E-state index contributed by atoms with van der Waals surface area (Å²) in [6, 6.07) is 77.0. The summed E-state index contributed by atoms with van der Waals surface area (Å²) in [6.07, 6.45) is 0. The Morgan fingerprint density at radius 1 is 0.359 bits per heavy atom. The van der Waals surface area contributed by atoms with E-state index in [-0.39, 0.29) is 4.66 Å². The Kier molecular flexibility index (Phi) is 10.7. The largest absolute Gasteiger partial charge is 0.454 e. The van der Waals surface area contributed by atoms with Gasteiger partial charge in [0.25, 0.3) is 0 Å². The Balaban J connectivity index is 1.00. The fourth-order valence-corrected chi connectivity index (χ4v) is 29.0. The fraction of sp³-hybridized carbons (Fsp3) is 0.155. The topological polar surface area (TPSA) is 32.8 Å². The zero-order chi connectivity index (χ0) is 53.6. The fourth-order valence-electron chi connectivity index (χ4n) is 14.4. The standard InChI is InChI=1S/C71H64N2O2Si3/c1-45-23-19-30-55-56-31-20-34-62(68(56)74-67(45)55)73(49-26-15-12-16-27-49)51-39-40-54-59(44-51)52-28-17-18-29-53(52)65-60-42-46-37-38-50(41-47(46)43-61(60)71(66(54)65,77(5,6)7)78(8,9)10)72(48-24-13-11-14-25-48)63-35-21-32-57-58-33-22-36-64(76(2,3)4)70(58)75-69(57)63/h11-44H,1-10H3. The number of benzene rings is 11. The molecule has 7 heteroatoms. The molecule has 14 rings (SSSR count). The van der Waals surface area contributed by atoms with Gasteiger partial charge in [0.2, 0.25) is 0 Å². The Hall–Kier alpha value is -7.95. The van der Waals surface area contributed by atoms with E-state index in [0.717, 1.165) is 78.2 Å². The van der Waals surface area contributed by atoms with Crippen LogP contribution in [-0.4, -0.2) is 24.2 Å². The molecule has 2 aromatic heterocycles. The molecule has 13 aromatic rings. The van der Waals surface area contributed by atoms with E-state index in [2.05, 4.69) is 282 Å². The van der Waals surface area contributed by atoms with E-state index in [9.17, 15) is 0 Å². The number of aryl methyl sites for hydroxylation is 1. The molecule has 0 amide bonds. The first-order valence-corrected chi connectivity index (χ1v) is 38.2. The second-order valence-electron chi connectivity index (χ2n) is 24.9. The molecule has 0 saturated carbocycles. The first kappa shape index (κ1) is 48.4. The lowest BCUT2D eigenvalue weighted by Gasteiger charge is -2.51. The van der Waals surface area contributed by atoms with Gasteiger partial charge in [0.15, 0.2) is 11.2 Å². The summed E-state index contributed by atoms with van der Waals surface area (Å²) in [7, 11) is -6.09. The van der Waals surface area contributed by atoms with Gasteiger partial charge in [-0.3, -0.25) is 0 Å². The molecule has 1 aliphatic rings. The van der Waals surface area contributed by atoms with Crippen molar-refractivity contribution in [2.24, 2.45) is 0 Å². The maximum Gasteiger partial charge on any atom is 0.159 e. The summed E-state index contributed by atoms with van der Waals surface area (Å²) in [5.41, 5.74) is 17.2.